The van der Waals surface area contributed by atoms with E-state index < -0.39 is 0 Å². The number of thioether (sulfide) groups is 1. The Morgan fingerprint density at radius 1 is 1.25 bits per heavy atom. The topological polar surface area (TPSA) is 6.48 Å². The van der Waals surface area contributed by atoms with Gasteiger partial charge in [-0.1, -0.05) is 17.7 Å². The fourth-order valence-electron chi connectivity index (χ4n) is 3.40. The third-order valence-corrected chi connectivity index (χ3v) is 5.76. The minimum absolute atomic E-state index is 0.615. The third kappa shape index (κ3) is 3.15. The molecule has 0 amide bonds. The Morgan fingerprint density at radius 2 is 2.05 bits per heavy atom. The summed E-state index contributed by atoms with van der Waals surface area (Å²) in [5.41, 5.74) is 3.22. The Morgan fingerprint density at radius 3 is 2.80 bits per heavy atom. The zero-order valence-electron chi connectivity index (χ0n) is 12.7. The normalized spacial score (nSPS) is 26.8. The first kappa shape index (κ1) is 14.3. The lowest BCUT2D eigenvalue weighted by Gasteiger charge is -2.33. The molecule has 2 nitrogen and oxygen atoms in total. The van der Waals surface area contributed by atoms with E-state index in [0.29, 0.717) is 6.04 Å². The zero-order chi connectivity index (χ0) is 13.9. The van der Waals surface area contributed by atoms with Crippen molar-refractivity contribution in [1.29, 1.82) is 0 Å². The summed E-state index contributed by atoms with van der Waals surface area (Å²) in [5, 5.41) is 0. The molecular formula is C17H26N2S. The van der Waals surface area contributed by atoms with Crippen LogP contribution < -0.4 is 0 Å². The first-order valence-corrected chi connectivity index (χ1v) is 8.96. The number of hydrogen-bond acceptors (Lipinski definition) is 3. The Kier molecular flexibility index (Phi) is 4.57. The minimum Gasteiger partial charge on any atom is -0.369 e. The summed E-state index contributed by atoms with van der Waals surface area (Å²) < 4.78 is 0. The maximum Gasteiger partial charge on any atom is 0.0575 e. The number of nitrogens with zero attached hydrogens (tertiary/aromatic N) is 2. The predicted octanol–water partition coefficient (Wildman–Crippen LogP) is 3.15. The summed E-state index contributed by atoms with van der Waals surface area (Å²) in [6.07, 6.45) is 13.4. The van der Waals surface area contributed by atoms with Gasteiger partial charge in [-0.15, -0.1) is 0 Å². The predicted molar refractivity (Wildman–Crippen MR) is 89.0 cm³/mol. The van der Waals surface area contributed by atoms with Crippen molar-refractivity contribution in [3.05, 3.63) is 35.6 Å². The molecule has 0 saturated carbocycles. The van der Waals surface area contributed by atoms with Gasteiger partial charge in [0, 0.05) is 19.3 Å². The number of likely N-dealkylation sites (N-methyl/N-ethyl adjacent to an activating group) is 1. The van der Waals surface area contributed by atoms with Crippen molar-refractivity contribution >= 4 is 11.8 Å². The van der Waals surface area contributed by atoms with Crippen LogP contribution in [0.2, 0.25) is 0 Å². The highest BCUT2D eigenvalue weighted by molar-refractivity contribution is 7.99. The van der Waals surface area contributed by atoms with Crippen LogP contribution in [-0.4, -0.2) is 54.5 Å². The van der Waals surface area contributed by atoms with Crippen LogP contribution >= 0.6 is 11.8 Å². The van der Waals surface area contributed by atoms with E-state index >= 15 is 0 Å². The van der Waals surface area contributed by atoms with Crippen LogP contribution in [0, 0.1) is 5.92 Å². The monoisotopic (exact) mass is 290 g/mol. The lowest BCUT2D eigenvalue weighted by Crippen LogP contribution is -2.35. The van der Waals surface area contributed by atoms with Gasteiger partial charge in [-0.3, -0.25) is 0 Å². The van der Waals surface area contributed by atoms with Gasteiger partial charge in [0.05, 0.1) is 6.04 Å². The van der Waals surface area contributed by atoms with Gasteiger partial charge in [0.2, 0.25) is 0 Å². The minimum atomic E-state index is 0.615. The number of fused-ring (bicyclic) bond motifs is 1. The summed E-state index contributed by atoms with van der Waals surface area (Å²) in [5.74, 6) is 3.56. The fraction of sp³-hybridized carbons (Fsp3) is 0.647. The van der Waals surface area contributed by atoms with Crippen LogP contribution in [-0.2, 0) is 0 Å². The largest absolute Gasteiger partial charge is 0.369 e. The van der Waals surface area contributed by atoms with E-state index in [-0.39, 0.29) is 0 Å². The highest BCUT2D eigenvalue weighted by Gasteiger charge is 2.29. The average Bonchev–Trinajstić information content (AvgIpc) is 2.88. The Hall–Kier alpha value is -0.670. The third-order valence-electron chi connectivity index (χ3n) is 4.71. The van der Waals surface area contributed by atoms with Gasteiger partial charge in [-0.25, -0.2) is 0 Å². The van der Waals surface area contributed by atoms with Crippen LogP contribution in [0.1, 0.15) is 19.3 Å². The first-order valence-electron chi connectivity index (χ1n) is 7.81. The fourth-order valence-corrected chi connectivity index (χ4v) is 4.51. The maximum atomic E-state index is 2.54. The zero-order valence-corrected chi connectivity index (χ0v) is 13.5. The van der Waals surface area contributed by atoms with Crippen LogP contribution in [0.15, 0.2) is 35.6 Å². The van der Waals surface area contributed by atoms with Gasteiger partial charge >= 0.3 is 0 Å². The number of rotatable bonds is 4. The van der Waals surface area contributed by atoms with Gasteiger partial charge in [0.25, 0.3) is 0 Å². The van der Waals surface area contributed by atoms with Gasteiger partial charge in [0.15, 0.2) is 0 Å². The van der Waals surface area contributed by atoms with Gasteiger partial charge in [0.1, 0.15) is 0 Å². The molecule has 0 aromatic rings. The Bertz CT molecular complexity index is 430. The van der Waals surface area contributed by atoms with Gasteiger partial charge in [-0.05, 0) is 62.4 Å². The van der Waals surface area contributed by atoms with E-state index in [1.807, 2.05) is 0 Å². The molecule has 0 aromatic carbocycles. The second-order valence-corrected chi connectivity index (χ2v) is 7.60. The molecule has 1 fully saturated rings. The average molecular weight is 290 g/mol. The molecule has 110 valence electrons. The van der Waals surface area contributed by atoms with E-state index in [1.165, 1.54) is 36.3 Å². The Labute approximate surface area is 127 Å². The SMILES string of the molecule is CN(C)CCN1C=CC2=CC=C(C3CCSCC3)CC21. The quantitative estimate of drug-likeness (QED) is 0.785. The van der Waals surface area contributed by atoms with Crippen LogP contribution in [0.5, 0.6) is 0 Å². The van der Waals surface area contributed by atoms with E-state index in [4.69, 9.17) is 0 Å². The molecule has 0 N–H and O–H groups in total. The van der Waals surface area contributed by atoms with Crippen molar-refractivity contribution in [3.8, 4) is 0 Å². The molecule has 2 aliphatic heterocycles. The van der Waals surface area contributed by atoms with Crippen molar-refractivity contribution in [1.82, 2.24) is 9.80 Å². The lowest BCUT2D eigenvalue weighted by atomic mass is 9.83. The van der Waals surface area contributed by atoms with Crippen molar-refractivity contribution in [2.45, 2.75) is 25.3 Å². The number of allylic oxidation sites excluding steroid dienone is 2. The van der Waals surface area contributed by atoms with Gasteiger partial charge < -0.3 is 9.80 Å². The van der Waals surface area contributed by atoms with Crippen molar-refractivity contribution < 1.29 is 0 Å². The second-order valence-electron chi connectivity index (χ2n) is 6.37. The van der Waals surface area contributed by atoms with E-state index in [9.17, 15) is 0 Å². The summed E-state index contributed by atoms with van der Waals surface area (Å²) in [6.45, 7) is 2.27. The molecule has 20 heavy (non-hydrogen) atoms. The smallest absolute Gasteiger partial charge is 0.0575 e. The van der Waals surface area contributed by atoms with Crippen LogP contribution in [0.4, 0.5) is 0 Å². The van der Waals surface area contributed by atoms with Crippen molar-refractivity contribution in [2.75, 3.05) is 38.7 Å². The molecule has 3 rings (SSSR count). The van der Waals surface area contributed by atoms with Crippen molar-refractivity contribution in [3.63, 3.8) is 0 Å². The van der Waals surface area contributed by atoms with E-state index in [1.54, 1.807) is 5.57 Å². The molecule has 3 heteroatoms. The molecule has 0 bridgehead atoms. The van der Waals surface area contributed by atoms with E-state index in [2.05, 4.69) is 60.1 Å². The summed E-state index contributed by atoms with van der Waals surface area (Å²) in [6, 6.07) is 0.615. The molecule has 0 aromatic heterocycles. The van der Waals surface area contributed by atoms with Crippen molar-refractivity contribution in [2.24, 2.45) is 5.92 Å². The van der Waals surface area contributed by atoms with Crippen LogP contribution in [0.3, 0.4) is 0 Å². The maximum absolute atomic E-state index is 2.54. The molecule has 0 radical (unpaired) electrons. The molecule has 0 spiro atoms. The molecule has 3 aliphatic rings. The lowest BCUT2D eigenvalue weighted by molar-refractivity contribution is 0.273. The summed E-state index contributed by atoms with van der Waals surface area (Å²) >= 11 is 2.12. The van der Waals surface area contributed by atoms with E-state index in [0.717, 1.165) is 19.0 Å². The molecular weight excluding hydrogens is 264 g/mol. The molecule has 1 saturated heterocycles. The number of hydrogen-bond donors (Lipinski definition) is 0. The Balaban J connectivity index is 1.64. The first-order chi connectivity index (χ1) is 9.74. The molecule has 2 heterocycles. The van der Waals surface area contributed by atoms with Gasteiger partial charge in [-0.2, -0.15) is 11.8 Å². The standard InChI is InChI=1S/C17H26N2S/c1-18(2)9-10-19-8-5-15-3-4-16(13-17(15)19)14-6-11-20-12-7-14/h3-5,8,14,17H,6-7,9-13H2,1-2H3. The second kappa shape index (κ2) is 6.40. The molecule has 1 unspecified atom stereocenters. The summed E-state index contributed by atoms with van der Waals surface area (Å²) in [4.78, 5) is 4.81. The summed E-state index contributed by atoms with van der Waals surface area (Å²) in [7, 11) is 4.31. The molecule has 1 atom stereocenters. The highest BCUT2D eigenvalue weighted by Crippen LogP contribution is 2.37. The highest BCUT2D eigenvalue weighted by atomic mass is 32.2. The van der Waals surface area contributed by atoms with Crippen LogP contribution in [0.25, 0.3) is 0 Å². The molecule has 1 aliphatic carbocycles.